The molecule has 1 aliphatic carbocycles. The molecule has 28 heavy (non-hydrogen) atoms. The summed E-state index contributed by atoms with van der Waals surface area (Å²) < 4.78 is 2.09. The lowest BCUT2D eigenvalue weighted by Crippen LogP contribution is -2.01. The van der Waals surface area contributed by atoms with Crippen LogP contribution < -0.4 is 5.43 Å². The van der Waals surface area contributed by atoms with Crippen molar-refractivity contribution < 1.29 is 0 Å². The highest BCUT2D eigenvalue weighted by Crippen LogP contribution is 2.42. The van der Waals surface area contributed by atoms with E-state index in [9.17, 15) is 4.79 Å². The zero-order valence-electron chi connectivity index (χ0n) is 15.1. The molecule has 1 aromatic heterocycles. The second-order valence-corrected chi connectivity index (χ2v) is 8.39. The van der Waals surface area contributed by atoms with Crippen molar-refractivity contribution in [3.05, 3.63) is 106 Å². The van der Waals surface area contributed by atoms with Crippen LogP contribution in [0, 0.1) is 0 Å². The average Bonchev–Trinajstić information content (AvgIpc) is 3.13. The third kappa shape index (κ3) is 2.22. The largest absolute Gasteiger partial charge is 0.289 e. The van der Waals surface area contributed by atoms with Crippen LogP contribution in [-0.4, -0.2) is 0 Å². The SMILES string of the molecule is O=c1c2ccccc2sc2ccc(-c3cccc4c3Cc3ccccc3-4)cc12. The van der Waals surface area contributed by atoms with E-state index in [4.69, 9.17) is 0 Å². The van der Waals surface area contributed by atoms with Gasteiger partial charge < -0.3 is 0 Å². The number of hydrogen-bond donors (Lipinski definition) is 0. The molecule has 0 bridgehead atoms. The molecule has 132 valence electrons. The third-order valence-corrected chi connectivity index (χ3v) is 6.89. The van der Waals surface area contributed by atoms with Crippen LogP contribution in [0.1, 0.15) is 11.1 Å². The number of fused-ring (bicyclic) bond motifs is 5. The highest BCUT2D eigenvalue weighted by molar-refractivity contribution is 7.24. The fourth-order valence-corrected chi connectivity index (χ4v) is 5.45. The van der Waals surface area contributed by atoms with E-state index in [-0.39, 0.29) is 5.43 Å². The lowest BCUT2D eigenvalue weighted by atomic mass is 9.95. The van der Waals surface area contributed by atoms with Crippen LogP contribution in [0.5, 0.6) is 0 Å². The summed E-state index contributed by atoms with van der Waals surface area (Å²) in [7, 11) is 0. The Balaban J connectivity index is 1.60. The van der Waals surface area contributed by atoms with Gasteiger partial charge in [0.25, 0.3) is 0 Å². The third-order valence-electron chi connectivity index (χ3n) is 5.74. The van der Waals surface area contributed by atoms with Gasteiger partial charge in [-0.25, -0.2) is 0 Å². The van der Waals surface area contributed by atoms with E-state index < -0.39 is 0 Å². The summed E-state index contributed by atoms with van der Waals surface area (Å²) in [5, 5.41) is 1.62. The molecule has 1 aliphatic rings. The first-order chi connectivity index (χ1) is 13.8. The molecule has 0 fully saturated rings. The molecule has 1 nitrogen and oxygen atoms in total. The number of hydrogen-bond acceptors (Lipinski definition) is 2. The Morgan fingerprint density at radius 1 is 0.643 bits per heavy atom. The van der Waals surface area contributed by atoms with Gasteiger partial charge in [0.1, 0.15) is 0 Å². The standard InChI is InChI=1S/C26H16OS/c27-26-21-8-3-4-11-24(21)28-25-13-12-17(15-23(25)26)19-9-5-10-20-18-7-2-1-6-16(18)14-22(19)20/h1-13,15H,14H2. The molecule has 0 saturated carbocycles. The second-order valence-electron chi connectivity index (χ2n) is 7.30. The fraction of sp³-hybridized carbons (Fsp3) is 0.0385. The van der Waals surface area contributed by atoms with Crippen molar-refractivity contribution in [2.45, 2.75) is 6.42 Å². The quantitative estimate of drug-likeness (QED) is 0.294. The zero-order chi connectivity index (χ0) is 18.7. The Kier molecular flexibility index (Phi) is 3.32. The molecular weight excluding hydrogens is 360 g/mol. The van der Waals surface area contributed by atoms with Crippen molar-refractivity contribution in [2.75, 3.05) is 0 Å². The topological polar surface area (TPSA) is 17.1 Å². The van der Waals surface area contributed by atoms with Gasteiger partial charge in [-0.15, -0.1) is 11.3 Å². The van der Waals surface area contributed by atoms with E-state index in [1.54, 1.807) is 11.3 Å². The van der Waals surface area contributed by atoms with Crippen molar-refractivity contribution >= 4 is 31.5 Å². The van der Waals surface area contributed by atoms with E-state index in [2.05, 4.69) is 60.7 Å². The van der Waals surface area contributed by atoms with Gasteiger partial charge in [0, 0.05) is 20.2 Å². The lowest BCUT2D eigenvalue weighted by molar-refractivity contribution is 1.26. The summed E-state index contributed by atoms with van der Waals surface area (Å²) in [6, 6.07) is 29.4. The van der Waals surface area contributed by atoms with Crippen molar-refractivity contribution in [3.8, 4) is 22.3 Å². The maximum Gasteiger partial charge on any atom is 0.195 e. The maximum absolute atomic E-state index is 13.1. The minimum Gasteiger partial charge on any atom is -0.289 e. The van der Waals surface area contributed by atoms with Gasteiger partial charge in [-0.3, -0.25) is 4.79 Å². The van der Waals surface area contributed by atoms with Gasteiger partial charge in [0.05, 0.1) is 0 Å². The first kappa shape index (κ1) is 15.8. The van der Waals surface area contributed by atoms with Crippen LogP contribution in [0.4, 0.5) is 0 Å². The molecular formula is C26H16OS. The minimum absolute atomic E-state index is 0.127. The van der Waals surface area contributed by atoms with Gasteiger partial charge in [-0.2, -0.15) is 0 Å². The molecule has 1 heterocycles. The molecule has 0 saturated heterocycles. The molecule has 0 spiro atoms. The molecule has 0 amide bonds. The smallest absolute Gasteiger partial charge is 0.195 e. The molecule has 0 aliphatic heterocycles. The molecule has 0 radical (unpaired) electrons. The molecule has 6 rings (SSSR count). The van der Waals surface area contributed by atoms with Gasteiger partial charge in [-0.1, -0.05) is 60.7 Å². The predicted octanol–water partition coefficient (Wildman–Crippen LogP) is 6.65. The number of benzene rings is 4. The Hall–Kier alpha value is -3.23. The summed E-state index contributed by atoms with van der Waals surface area (Å²) >= 11 is 1.68. The molecule has 5 aromatic rings. The summed E-state index contributed by atoms with van der Waals surface area (Å²) in [6.45, 7) is 0. The number of rotatable bonds is 1. The van der Waals surface area contributed by atoms with Crippen LogP contribution in [0.25, 0.3) is 42.4 Å². The van der Waals surface area contributed by atoms with Gasteiger partial charge in [0.15, 0.2) is 5.43 Å². The Labute approximate surface area is 166 Å². The van der Waals surface area contributed by atoms with Crippen molar-refractivity contribution in [1.82, 2.24) is 0 Å². The molecule has 0 N–H and O–H groups in total. The molecule has 4 aromatic carbocycles. The molecule has 2 heteroatoms. The summed E-state index contributed by atoms with van der Waals surface area (Å²) in [6.07, 6.45) is 0.949. The minimum atomic E-state index is 0.127. The fourth-order valence-electron chi connectivity index (χ4n) is 4.40. The van der Waals surface area contributed by atoms with E-state index in [1.165, 1.54) is 27.8 Å². The van der Waals surface area contributed by atoms with Crippen LogP contribution in [0.2, 0.25) is 0 Å². The Morgan fingerprint density at radius 3 is 2.36 bits per heavy atom. The molecule has 0 unspecified atom stereocenters. The molecule has 0 atom stereocenters. The first-order valence-electron chi connectivity index (χ1n) is 9.46. The van der Waals surface area contributed by atoms with Crippen molar-refractivity contribution in [1.29, 1.82) is 0 Å². The van der Waals surface area contributed by atoms with Crippen molar-refractivity contribution in [2.24, 2.45) is 0 Å². The first-order valence-corrected chi connectivity index (χ1v) is 10.3. The van der Waals surface area contributed by atoms with Crippen LogP contribution in [-0.2, 0) is 6.42 Å². The zero-order valence-corrected chi connectivity index (χ0v) is 15.9. The van der Waals surface area contributed by atoms with E-state index >= 15 is 0 Å². The van der Waals surface area contributed by atoms with Crippen molar-refractivity contribution in [3.63, 3.8) is 0 Å². The maximum atomic E-state index is 13.1. The summed E-state index contributed by atoms with van der Waals surface area (Å²) in [5.41, 5.74) is 7.87. The van der Waals surface area contributed by atoms with Crippen LogP contribution >= 0.6 is 11.3 Å². The normalized spacial score (nSPS) is 12.3. The Bertz CT molecular complexity index is 1460. The van der Waals surface area contributed by atoms with Gasteiger partial charge in [0.2, 0.25) is 0 Å². The van der Waals surface area contributed by atoms with Crippen LogP contribution in [0.15, 0.2) is 89.7 Å². The highest BCUT2D eigenvalue weighted by atomic mass is 32.1. The summed E-state index contributed by atoms with van der Waals surface area (Å²) in [5.74, 6) is 0. The predicted molar refractivity (Wildman–Crippen MR) is 119 cm³/mol. The van der Waals surface area contributed by atoms with E-state index in [1.807, 2.05) is 24.3 Å². The Morgan fingerprint density at radius 2 is 1.39 bits per heavy atom. The van der Waals surface area contributed by atoms with Crippen LogP contribution in [0.3, 0.4) is 0 Å². The monoisotopic (exact) mass is 376 g/mol. The van der Waals surface area contributed by atoms with E-state index in [0.717, 1.165) is 32.2 Å². The van der Waals surface area contributed by atoms with Gasteiger partial charge in [-0.05, 0) is 64.1 Å². The second kappa shape index (κ2) is 5.88. The average molecular weight is 376 g/mol. The van der Waals surface area contributed by atoms with Gasteiger partial charge >= 0.3 is 0 Å². The summed E-state index contributed by atoms with van der Waals surface area (Å²) in [4.78, 5) is 13.1. The van der Waals surface area contributed by atoms with E-state index in [0.29, 0.717) is 0 Å². The highest BCUT2D eigenvalue weighted by Gasteiger charge is 2.21. The lowest BCUT2D eigenvalue weighted by Gasteiger charge is -2.10.